The average molecular weight is 244 g/mol. The van der Waals surface area contributed by atoms with Gasteiger partial charge in [0.05, 0.1) is 5.54 Å². The molecule has 0 saturated heterocycles. The summed E-state index contributed by atoms with van der Waals surface area (Å²) in [5.74, 6) is -1.41. The fraction of sp³-hybridized carbons (Fsp3) is 0.833. The third-order valence-corrected chi connectivity index (χ3v) is 3.33. The molecular formula is C12H24N2O3. The van der Waals surface area contributed by atoms with E-state index in [1.807, 2.05) is 20.8 Å². The van der Waals surface area contributed by atoms with E-state index in [1.54, 1.807) is 0 Å². The summed E-state index contributed by atoms with van der Waals surface area (Å²) in [7, 11) is 0. The molecule has 0 fully saturated rings. The fourth-order valence-corrected chi connectivity index (χ4v) is 1.67. The van der Waals surface area contributed by atoms with Gasteiger partial charge in [0.1, 0.15) is 5.54 Å². The molecule has 17 heavy (non-hydrogen) atoms. The predicted molar refractivity (Wildman–Crippen MR) is 66.6 cm³/mol. The standard InChI is InChI=1S/C12H24N2O3/c1-5-8-11(4,10(16)17)14-9(15)12(13,6-2)7-3/h5-8,13H2,1-4H3,(H,14,15)(H,16,17). The lowest BCUT2D eigenvalue weighted by Crippen LogP contribution is -2.61. The Labute approximate surface area is 103 Å². The average Bonchev–Trinajstić information content (AvgIpc) is 2.27. The van der Waals surface area contributed by atoms with Gasteiger partial charge in [-0.25, -0.2) is 4.79 Å². The molecule has 0 aromatic heterocycles. The number of hydrogen-bond donors (Lipinski definition) is 3. The van der Waals surface area contributed by atoms with E-state index in [9.17, 15) is 9.59 Å². The summed E-state index contributed by atoms with van der Waals surface area (Å²) in [6.07, 6.45) is 2.03. The first-order valence-electron chi connectivity index (χ1n) is 6.10. The summed E-state index contributed by atoms with van der Waals surface area (Å²) >= 11 is 0. The number of carbonyl (C=O) groups excluding carboxylic acids is 1. The Balaban J connectivity index is 4.90. The molecule has 0 bridgehead atoms. The van der Waals surface area contributed by atoms with E-state index in [2.05, 4.69) is 5.32 Å². The third-order valence-electron chi connectivity index (χ3n) is 3.33. The first-order chi connectivity index (χ1) is 7.75. The van der Waals surface area contributed by atoms with Crippen LogP contribution in [0.3, 0.4) is 0 Å². The van der Waals surface area contributed by atoms with Crippen molar-refractivity contribution in [3.8, 4) is 0 Å². The van der Waals surface area contributed by atoms with Gasteiger partial charge in [0, 0.05) is 0 Å². The Bertz CT molecular complexity index is 287. The Hall–Kier alpha value is -1.10. The minimum absolute atomic E-state index is 0.386. The van der Waals surface area contributed by atoms with E-state index in [0.717, 1.165) is 0 Å². The number of nitrogens with one attached hydrogen (secondary N) is 1. The van der Waals surface area contributed by atoms with Crippen molar-refractivity contribution in [2.45, 2.75) is 64.5 Å². The molecule has 0 aliphatic carbocycles. The van der Waals surface area contributed by atoms with Crippen molar-refractivity contribution in [3.63, 3.8) is 0 Å². The molecule has 0 spiro atoms. The van der Waals surface area contributed by atoms with Crippen molar-refractivity contribution in [3.05, 3.63) is 0 Å². The van der Waals surface area contributed by atoms with Crippen LogP contribution in [0.1, 0.15) is 53.4 Å². The topological polar surface area (TPSA) is 92.4 Å². The molecule has 0 aliphatic rings. The fourth-order valence-electron chi connectivity index (χ4n) is 1.67. The second-order valence-corrected chi connectivity index (χ2v) is 4.70. The summed E-state index contributed by atoms with van der Waals surface area (Å²) in [6.45, 7) is 7.03. The van der Waals surface area contributed by atoms with Crippen molar-refractivity contribution in [2.75, 3.05) is 0 Å². The van der Waals surface area contributed by atoms with Gasteiger partial charge in [-0.15, -0.1) is 0 Å². The van der Waals surface area contributed by atoms with E-state index in [-0.39, 0.29) is 5.91 Å². The molecule has 1 atom stereocenters. The molecule has 1 unspecified atom stereocenters. The first kappa shape index (κ1) is 15.9. The number of aliphatic carboxylic acids is 1. The van der Waals surface area contributed by atoms with Gasteiger partial charge >= 0.3 is 5.97 Å². The summed E-state index contributed by atoms with van der Waals surface area (Å²) in [5, 5.41) is 11.7. The molecule has 0 aromatic rings. The van der Waals surface area contributed by atoms with Crippen LogP contribution in [0.15, 0.2) is 0 Å². The number of carbonyl (C=O) groups is 2. The number of carboxylic acids is 1. The molecule has 5 heteroatoms. The van der Waals surface area contributed by atoms with Crippen molar-refractivity contribution in [1.29, 1.82) is 0 Å². The van der Waals surface area contributed by atoms with Crippen LogP contribution in [0.2, 0.25) is 0 Å². The van der Waals surface area contributed by atoms with E-state index >= 15 is 0 Å². The Kier molecular flexibility index (Phi) is 5.61. The zero-order chi connectivity index (χ0) is 13.7. The van der Waals surface area contributed by atoms with Crippen molar-refractivity contribution in [1.82, 2.24) is 5.32 Å². The van der Waals surface area contributed by atoms with Crippen LogP contribution in [0, 0.1) is 0 Å². The van der Waals surface area contributed by atoms with Gasteiger partial charge in [0.25, 0.3) is 0 Å². The maximum Gasteiger partial charge on any atom is 0.329 e. The van der Waals surface area contributed by atoms with E-state index in [0.29, 0.717) is 25.7 Å². The van der Waals surface area contributed by atoms with E-state index in [4.69, 9.17) is 10.8 Å². The lowest BCUT2D eigenvalue weighted by molar-refractivity contribution is -0.148. The summed E-state index contributed by atoms with van der Waals surface area (Å²) < 4.78 is 0. The Morgan fingerprint density at radius 1 is 1.24 bits per heavy atom. The van der Waals surface area contributed by atoms with Gasteiger partial charge in [-0.2, -0.15) is 0 Å². The first-order valence-corrected chi connectivity index (χ1v) is 6.10. The molecule has 0 heterocycles. The number of nitrogens with two attached hydrogens (primary N) is 1. The highest BCUT2D eigenvalue weighted by Gasteiger charge is 2.39. The van der Waals surface area contributed by atoms with Gasteiger partial charge in [0.2, 0.25) is 5.91 Å². The highest BCUT2D eigenvalue weighted by Crippen LogP contribution is 2.17. The van der Waals surface area contributed by atoms with Crippen LogP contribution in [0.5, 0.6) is 0 Å². The quantitative estimate of drug-likeness (QED) is 0.628. The highest BCUT2D eigenvalue weighted by molar-refractivity contribution is 5.91. The molecule has 0 rings (SSSR count). The van der Waals surface area contributed by atoms with Crippen LogP contribution in [-0.2, 0) is 9.59 Å². The second-order valence-electron chi connectivity index (χ2n) is 4.70. The van der Waals surface area contributed by atoms with Gasteiger partial charge in [-0.05, 0) is 26.2 Å². The Morgan fingerprint density at radius 3 is 2.00 bits per heavy atom. The van der Waals surface area contributed by atoms with Crippen molar-refractivity contribution >= 4 is 11.9 Å². The summed E-state index contributed by atoms with van der Waals surface area (Å²) in [4.78, 5) is 23.2. The van der Waals surface area contributed by atoms with Crippen LogP contribution in [0.4, 0.5) is 0 Å². The number of amides is 1. The zero-order valence-corrected chi connectivity index (χ0v) is 11.2. The third kappa shape index (κ3) is 3.70. The van der Waals surface area contributed by atoms with Gasteiger partial charge in [-0.3, -0.25) is 4.79 Å². The van der Waals surface area contributed by atoms with Crippen LogP contribution >= 0.6 is 0 Å². The molecule has 1 amide bonds. The maximum absolute atomic E-state index is 12.0. The minimum atomic E-state index is -1.24. The van der Waals surface area contributed by atoms with Crippen molar-refractivity contribution in [2.24, 2.45) is 5.73 Å². The zero-order valence-electron chi connectivity index (χ0n) is 11.2. The van der Waals surface area contributed by atoms with Crippen LogP contribution in [-0.4, -0.2) is 28.1 Å². The van der Waals surface area contributed by atoms with Gasteiger partial charge in [-0.1, -0.05) is 27.2 Å². The molecule has 4 N–H and O–H groups in total. The lowest BCUT2D eigenvalue weighted by Gasteiger charge is -2.32. The largest absolute Gasteiger partial charge is 0.480 e. The summed E-state index contributed by atoms with van der Waals surface area (Å²) in [5.41, 5.74) is 3.72. The van der Waals surface area contributed by atoms with Gasteiger partial charge in [0.15, 0.2) is 0 Å². The normalized spacial score (nSPS) is 15.1. The minimum Gasteiger partial charge on any atom is -0.480 e. The predicted octanol–water partition coefficient (Wildman–Crippen LogP) is 1.26. The van der Waals surface area contributed by atoms with Gasteiger partial charge < -0.3 is 16.2 Å². The number of hydrogen-bond acceptors (Lipinski definition) is 3. The van der Waals surface area contributed by atoms with Crippen LogP contribution < -0.4 is 11.1 Å². The second kappa shape index (κ2) is 6.00. The SMILES string of the molecule is CCCC(C)(NC(=O)C(N)(CC)CC)C(=O)O. The molecule has 0 aromatic carbocycles. The smallest absolute Gasteiger partial charge is 0.329 e. The summed E-state index contributed by atoms with van der Waals surface area (Å²) in [6, 6.07) is 0. The van der Waals surface area contributed by atoms with E-state index in [1.165, 1.54) is 6.92 Å². The van der Waals surface area contributed by atoms with Crippen LogP contribution in [0.25, 0.3) is 0 Å². The monoisotopic (exact) mass is 244 g/mol. The number of carboxylic acid groups (broad SMARTS) is 1. The van der Waals surface area contributed by atoms with E-state index < -0.39 is 17.0 Å². The lowest BCUT2D eigenvalue weighted by atomic mass is 9.89. The maximum atomic E-state index is 12.0. The molecule has 100 valence electrons. The highest BCUT2D eigenvalue weighted by atomic mass is 16.4. The molecule has 5 nitrogen and oxygen atoms in total. The Morgan fingerprint density at radius 2 is 1.71 bits per heavy atom. The molecule has 0 aliphatic heterocycles. The molecular weight excluding hydrogens is 220 g/mol. The molecule has 0 radical (unpaired) electrons. The van der Waals surface area contributed by atoms with Crippen molar-refractivity contribution < 1.29 is 14.7 Å². The molecule has 0 saturated carbocycles. The number of rotatable bonds is 7.